The second-order valence-electron chi connectivity index (χ2n) is 5.84. The van der Waals surface area contributed by atoms with Crippen molar-refractivity contribution in [3.05, 3.63) is 91.0 Å². The molecule has 0 aromatic heterocycles. The average molecular weight is 552 g/mol. The molecule has 3 rings (SSSR count). The molecule has 0 saturated carbocycles. The Kier molecular flexibility index (Phi) is 8.22. The third-order valence-electron chi connectivity index (χ3n) is 4.05. The largest absolute Gasteiger partial charge is 0.741 e. The summed E-state index contributed by atoms with van der Waals surface area (Å²) in [5.74, 6) is 0. The van der Waals surface area contributed by atoms with Gasteiger partial charge in [-0.1, -0.05) is 54.6 Å². The number of hydrogen-bond acceptors (Lipinski definition) is 3. The summed E-state index contributed by atoms with van der Waals surface area (Å²) < 4.78 is 60.0. The highest BCUT2D eigenvalue weighted by molar-refractivity contribution is 14.1. The van der Waals surface area contributed by atoms with Crippen molar-refractivity contribution < 1.29 is 26.1 Å². The minimum Gasteiger partial charge on any atom is -0.741 e. The Morgan fingerprint density at radius 3 is 1.14 bits per heavy atom. The Morgan fingerprint density at radius 1 is 0.724 bits per heavy atom. The number of rotatable bonds is 4. The zero-order valence-corrected chi connectivity index (χ0v) is 18.8. The van der Waals surface area contributed by atoms with Crippen LogP contribution in [0.4, 0.5) is 13.2 Å². The second kappa shape index (κ2) is 10.0. The Morgan fingerprint density at radius 2 is 0.966 bits per heavy atom. The molecule has 9 heteroatoms. The topological polar surface area (TPSA) is 57.2 Å². The van der Waals surface area contributed by atoms with Gasteiger partial charge in [0.15, 0.2) is 10.1 Å². The van der Waals surface area contributed by atoms with E-state index < -0.39 is 22.9 Å². The van der Waals surface area contributed by atoms with Crippen LogP contribution in [0.1, 0.15) is 0 Å². The van der Waals surface area contributed by atoms with Gasteiger partial charge in [0.05, 0.1) is 0 Å². The van der Waals surface area contributed by atoms with Crippen LogP contribution in [0.3, 0.4) is 0 Å². The standard InChI is InChI=1S/C19H17IP.CHF3O3S/c20-16-21(17-10-4-1-5-11-17,18-12-6-2-7-13-18)19-14-8-3-9-15-19;2-1(3,4)8(5,6)7/h1-15H,16H2;(H,5,6,7)/q+1;/p-1. The summed E-state index contributed by atoms with van der Waals surface area (Å²) in [6.07, 6.45) is 0. The maximum absolute atomic E-state index is 10.7. The van der Waals surface area contributed by atoms with Crippen molar-refractivity contribution in [3.63, 3.8) is 0 Å². The lowest BCUT2D eigenvalue weighted by atomic mass is 10.4. The van der Waals surface area contributed by atoms with Crippen molar-refractivity contribution in [1.29, 1.82) is 0 Å². The molecule has 0 saturated heterocycles. The van der Waals surface area contributed by atoms with Crippen LogP contribution in [0.2, 0.25) is 0 Å². The lowest BCUT2D eigenvalue weighted by Gasteiger charge is -2.25. The fourth-order valence-corrected chi connectivity index (χ4v) is 9.60. The van der Waals surface area contributed by atoms with Gasteiger partial charge in [-0.3, -0.25) is 0 Å². The fraction of sp³-hybridized carbons (Fsp3) is 0.100. The predicted octanol–water partition coefficient (Wildman–Crippen LogP) is 4.42. The van der Waals surface area contributed by atoms with Crippen molar-refractivity contribution in [2.24, 2.45) is 0 Å². The van der Waals surface area contributed by atoms with E-state index in [1.807, 2.05) is 0 Å². The lowest BCUT2D eigenvalue weighted by molar-refractivity contribution is -0.0517. The summed E-state index contributed by atoms with van der Waals surface area (Å²) in [7, 11) is -7.64. The van der Waals surface area contributed by atoms with E-state index in [1.165, 1.54) is 15.9 Å². The van der Waals surface area contributed by atoms with Crippen molar-refractivity contribution in [3.8, 4) is 0 Å². The first-order valence-corrected chi connectivity index (χ1v) is 13.2. The molecule has 3 aromatic carbocycles. The average Bonchev–Trinajstić information content (AvgIpc) is 2.71. The molecule has 0 aliphatic carbocycles. The molecule has 0 unspecified atom stereocenters. The highest BCUT2D eigenvalue weighted by Crippen LogP contribution is 2.56. The van der Waals surface area contributed by atoms with Crippen LogP contribution in [0.25, 0.3) is 0 Å². The van der Waals surface area contributed by atoms with Crippen molar-refractivity contribution in [2.45, 2.75) is 5.51 Å². The number of benzene rings is 3. The first-order valence-electron chi connectivity index (χ1n) is 8.26. The number of hydrogen-bond donors (Lipinski definition) is 0. The summed E-state index contributed by atoms with van der Waals surface area (Å²) in [6, 6.07) is 32.9. The normalized spacial score (nSPS) is 12.0. The fourth-order valence-electron chi connectivity index (χ4n) is 2.70. The van der Waals surface area contributed by atoms with Crippen LogP contribution in [0, 0.1) is 0 Å². The Bertz CT molecular complexity index is 903. The van der Waals surface area contributed by atoms with E-state index in [0.29, 0.717) is 0 Å². The summed E-state index contributed by atoms with van der Waals surface area (Å²) in [5, 5.41) is 4.37. The van der Waals surface area contributed by atoms with Crippen LogP contribution in [0.15, 0.2) is 91.0 Å². The van der Waals surface area contributed by atoms with Crippen LogP contribution in [-0.2, 0) is 10.1 Å². The van der Waals surface area contributed by atoms with E-state index in [0.717, 1.165) is 4.17 Å². The zero-order valence-electron chi connectivity index (χ0n) is 15.0. The van der Waals surface area contributed by atoms with Gasteiger partial charge >= 0.3 is 5.51 Å². The molecule has 0 radical (unpaired) electrons. The molecule has 0 atom stereocenters. The summed E-state index contributed by atoms with van der Waals surface area (Å²) >= 11 is 2.56. The lowest BCUT2D eigenvalue weighted by Crippen LogP contribution is -2.31. The smallest absolute Gasteiger partial charge is 0.485 e. The predicted molar refractivity (Wildman–Crippen MR) is 120 cm³/mol. The van der Waals surface area contributed by atoms with Gasteiger partial charge in [-0.25, -0.2) is 8.42 Å². The van der Waals surface area contributed by atoms with E-state index in [9.17, 15) is 13.2 Å². The van der Waals surface area contributed by atoms with Gasteiger partial charge in [-0.2, -0.15) is 13.2 Å². The molecule has 3 nitrogen and oxygen atoms in total. The van der Waals surface area contributed by atoms with Gasteiger partial charge in [0, 0.05) is 0 Å². The Balaban J connectivity index is 0.000000321. The quantitative estimate of drug-likeness (QED) is 0.158. The van der Waals surface area contributed by atoms with Gasteiger partial charge in [0.25, 0.3) is 0 Å². The minimum atomic E-state index is -6.09. The minimum absolute atomic E-state index is 1.11. The maximum atomic E-state index is 10.7. The van der Waals surface area contributed by atoms with Crippen LogP contribution >= 0.6 is 29.9 Å². The summed E-state index contributed by atoms with van der Waals surface area (Å²) in [5.41, 5.74) is -5.65. The molecule has 0 amide bonds. The molecule has 0 aliphatic rings. The Labute approximate surface area is 182 Å². The van der Waals surface area contributed by atoms with E-state index in [2.05, 4.69) is 114 Å². The second-order valence-corrected chi connectivity index (χ2v) is 12.7. The van der Waals surface area contributed by atoms with Gasteiger partial charge in [-0.15, -0.1) is 0 Å². The molecule has 0 spiro atoms. The van der Waals surface area contributed by atoms with Gasteiger partial charge in [-0.05, 0) is 59.0 Å². The van der Waals surface area contributed by atoms with Crippen LogP contribution in [-0.4, -0.2) is 22.6 Å². The van der Waals surface area contributed by atoms with Crippen molar-refractivity contribution >= 4 is 55.9 Å². The van der Waals surface area contributed by atoms with Gasteiger partial charge in [0.2, 0.25) is 0 Å². The SMILES string of the molecule is IC[P+](c1ccccc1)(c1ccccc1)c1ccccc1.O=S(=O)([O-])C(F)(F)F. The highest BCUT2D eigenvalue weighted by atomic mass is 127. The molecule has 3 aromatic rings. The molecule has 0 N–H and O–H groups in total. The number of alkyl halides is 4. The van der Waals surface area contributed by atoms with Gasteiger partial charge < -0.3 is 4.55 Å². The molecule has 0 heterocycles. The van der Waals surface area contributed by atoms with Gasteiger partial charge in [0.1, 0.15) is 27.3 Å². The van der Waals surface area contributed by atoms with E-state index in [-0.39, 0.29) is 0 Å². The Hall–Kier alpha value is -1.48. The third kappa shape index (κ3) is 5.78. The van der Waals surface area contributed by atoms with E-state index in [4.69, 9.17) is 13.0 Å². The maximum Gasteiger partial charge on any atom is 0.485 e. The molecule has 29 heavy (non-hydrogen) atoms. The molecular weight excluding hydrogens is 535 g/mol. The molecular formula is C20H17F3IO3PS. The monoisotopic (exact) mass is 552 g/mol. The first-order chi connectivity index (χ1) is 13.6. The van der Waals surface area contributed by atoms with Crippen molar-refractivity contribution in [2.75, 3.05) is 4.17 Å². The van der Waals surface area contributed by atoms with Crippen LogP contribution < -0.4 is 15.9 Å². The van der Waals surface area contributed by atoms with E-state index >= 15 is 0 Å². The van der Waals surface area contributed by atoms with Crippen molar-refractivity contribution in [1.82, 2.24) is 0 Å². The first kappa shape index (κ1) is 23.8. The highest BCUT2D eigenvalue weighted by Gasteiger charge is 2.44. The number of halogens is 4. The third-order valence-corrected chi connectivity index (χ3v) is 11.6. The van der Waals surface area contributed by atoms with E-state index in [1.54, 1.807) is 0 Å². The molecule has 0 fully saturated rings. The molecule has 0 aliphatic heterocycles. The van der Waals surface area contributed by atoms with Crippen LogP contribution in [0.5, 0.6) is 0 Å². The summed E-state index contributed by atoms with van der Waals surface area (Å²) in [4.78, 5) is 0. The molecule has 0 bridgehead atoms. The summed E-state index contributed by atoms with van der Waals surface area (Å²) in [6.45, 7) is 0. The molecule has 154 valence electrons. The zero-order chi connectivity index (χ0) is 21.5.